The van der Waals surface area contributed by atoms with E-state index in [-0.39, 0.29) is 5.82 Å². The number of imidazole rings is 1. The van der Waals surface area contributed by atoms with E-state index < -0.39 is 31.4 Å². The zero-order valence-corrected chi connectivity index (χ0v) is 15.0. The zero-order chi connectivity index (χ0) is 17.6. The Labute approximate surface area is 140 Å². The molecule has 1 aliphatic heterocycles. The molecular weight excluding hydrogens is 329 g/mol. The van der Waals surface area contributed by atoms with Crippen molar-refractivity contribution < 1.29 is 14.9 Å². The van der Waals surface area contributed by atoms with E-state index in [1.807, 2.05) is 0 Å². The summed E-state index contributed by atoms with van der Waals surface area (Å²) in [5.41, 5.74) is 6.82. The van der Waals surface area contributed by atoms with Crippen LogP contribution in [0.3, 0.4) is 0 Å². The van der Waals surface area contributed by atoms with Gasteiger partial charge in [-0.3, -0.25) is 4.57 Å². The first-order valence-electron chi connectivity index (χ1n) is 7.83. The Morgan fingerprint density at radius 1 is 1.33 bits per heavy atom. The fourth-order valence-electron chi connectivity index (χ4n) is 2.91. The van der Waals surface area contributed by atoms with E-state index in [1.165, 1.54) is 6.33 Å². The van der Waals surface area contributed by atoms with Gasteiger partial charge in [0.15, 0.2) is 17.7 Å². The van der Waals surface area contributed by atoms with E-state index >= 15 is 0 Å². The smallest absolute Gasteiger partial charge is 0.167 e. The molecule has 0 radical (unpaired) electrons. The number of ether oxygens (including phenoxy) is 1. The van der Waals surface area contributed by atoms with Gasteiger partial charge in [-0.25, -0.2) is 15.0 Å². The van der Waals surface area contributed by atoms with E-state index in [1.54, 1.807) is 11.5 Å². The van der Waals surface area contributed by atoms with Gasteiger partial charge in [0.2, 0.25) is 0 Å². The van der Waals surface area contributed by atoms with Gasteiger partial charge in [0.05, 0.1) is 12.4 Å². The average Bonchev–Trinajstić information content (AvgIpc) is 3.00. The topological polar surface area (TPSA) is 119 Å². The summed E-state index contributed by atoms with van der Waals surface area (Å²) in [5, 5.41) is 20.8. The minimum absolute atomic E-state index is 0.282. The van der Waals surface area contributed by atoms with Crippen LogP contribution in [0.1, 0.15) is 18.5 Å². The van der Waals surface area contributed by atoms with Gasteiger partial charge < -0.3 is 20.7 Å². The van der Waals surface area contributed by atoms with Crippen molar-refractivity contribution in [1.82, 2.24) is 19.5 Å². The van der Waals surface area contributed by atoms with Gasteiger partial charge in [0.25, 0.3) is 0 Å². The third-order valence-corrected chi connectivity index (χ3v) is 5.66. The van der Waals surface area contributed by atoms with Gasteiger partial charge in [-0.2, -0.15) is 0 Å². The molecule has 0 bridgehead atoms. The van der Waals surface area contributed by atoms with Gasteiger partial charge in [-0.15, -0.1) is 13.2 Å². The Kier molecular flexibility index (Phi) is 4.42. The molecular formula is C15H24N5O3P. The molecule has 2 aromatic heterocycles. The van der Waals surface area contributed by atoms with Crippen LogP contribution in [0.5, 0.6) is 0 Å². The highest BCUT2D eigenvalue weighted by Crippen LogP contribution is 2.40. The van der Waals surface area contributed by atoms with Gasteiger partial charge in [0.1, 0.15) is 23.5 Å². The molecule has 4 atom stereocenters. The number of aromatic nitrogens is 4. The molecule has 0 aliphatic carbocycles. The van der Waals surface area contributed by atoms with E-state index in [2.05, 4.69) is 34.6 Å². The van der Waals surface area contributed by atoms with Crippen molar-refractivity contribution in [2.75, 3.05) is 25.2 Å². The molecule has 24 heavy (non-hydrogen) atoms. The summed E-state index contributed by atoms with van der Waals surface area (Å²) in [6.07, 6.45) is 4.00. The van der Waals surface area contributed by atoms with Crippen molar-refractivity contribution in [3.05, 3.63) is 12.2 Å². The Balaban J connectivity index is 1.89. The lowest BCUT2D eigenvalue weighted by Gasteiger charge is -2.18. The number of rotatable bonds is 4. The van der Waals surface area contributed by atoms with Crippen molar-refractivity contribution in [3.8, 4) is 0 Å². The summed E-state index contributed by atoms with van der Waals surface area (Å²) >= 11 is 0. The van der Waals surface area contributed by atoms with Crippen molar-refractivity contribution in [1.29, 1.82) is 0 Å². The summed E-state index contributed by atoms with van der Waals surface area (Å²) in [4.78, 5) is 12.6. The largest absolute Gasteiger partial charge is 0.388 e. The average molecular weight is 353 g/mol. The fraction of sp³-hybridized carbons (Fsp3) is 0.600. The number of anilines is 1. The minimum atomic E-state index is -1.23. The van der Waals surface area contributed by atoms with Crippen molar-refractivity contribution in [2.24, 2.45) is 0 Å². The summed E-state index contributed by atoms with van der Waals surface area (Å²) in [6.45, 7) is 4.77. The third kappa shape index (κ3) is 3.19. The second-order valence-electron chi connectivity index (χ2n) is 6.97. The molecule has 0 spiro atoms. The third-order valence-electron chi connectivity index (χ3n) is 4.19. The molecule has 1 aliphatic rings. The second kappa shape index (κ2) is 6.11. The van der Waals surface area contributed by atoms with Gasteiger partial charge in [-0.05, 0) is 32.8 Å². The molecule has 1 saturated heterocycles. The van der Waals surface area contributed by atoms with E-state index in [0.717, 1.165) is 6.16 Å². The van der Waals surface area contributed by atoms with E-state index in [4.69, 9.17) is 10.5 Å². The van der Waals surface area contributed by atoms with Crippen LogP contribution in [0.4, 0.5) is 5.82 Å². The van der Waals surface area contributed by atoms with E-state index in [9.17, 15) is 10.2 Å². The maximum atomic E-state index is 10.4. The predicted molar refractivity (Wildman–Crippen MR) is 95.8 cm³/mol. The Morgan fingerprint density at radius 2 is 2.04 bits per heavy atom. The lowest BCUT2D eigenvalue weighted by atomic mass is 10.1. The number of nitrogens with two attached hydrogens (primary N) is 1. The predicted octanol–water partition coefficient (Wildman–Crippen LogP) is 0.435. The maximum absolute atomic E-state index is 10.4. The second-order valence-corrected chi connectivity index (χ2v) is 11.3. The Hall–Kier alpha value is -1.47. The number of nitrogens with zero attached hydrogens (tertiary/aromatic N) is 4. The summed E-state index contributed by atoms with van der Waals surface area (Å²) < 4.78 is 7.54. The highest BCUT2D eigenvalue weighted by Gasteiger charge is 2.44. The lowest BCUT2D eigenvalue weighted by molar-refractivity contribution is -0.0353. The number of hydrogen-bond acceptors (Lipinski definition) is 7. The molecule has 1 unspecified atom stereocenters. The molecule has 0 saturated carbocycles. The monoisotopic (exact) mass is 353 g/mol. The lowest BCUT2D eigenvalue weighted by Crippen LogP contribution is -2.31. The maximum Gasteiger partial charge on any atom is 0.167 e. The quantitative estimate of drug-likeness (QED) is 0.682. The first kappa shape index (κ1) is 17.4. The Bertz CT molecular complexity index is 802. The van der Waals surface area contributed by atoms with Crippen LogP contribution in [-0.2, 0) is 4.74 Å². The molecule has 4 N–H and O–H groups in total. The number of aliphatic hydroxyl groups excluding tert-OH is 2. The van der Waals surface area contributed by atoms with Crippen LogP contribution < -0.4 is 5.73 Å². The Morgan fingerprint density at radius 3 is 2.71 bits per heavy atom. The SMILES string of the molecule is C=P(C)(C)CC[C@H]1OC(n2cnc3c(N)nc(C)nc32)[C@H](O)[C@@H]1O. The van der Waals surface area contributed by atoms with Crippen molar-refractivity contribution in [3.63, 3.8) is 0 Å². The van der Waals surface area contributed by atoms with Crippen LogP contribution in [0.25, 0.3) is 11.2 Å². The van der Waals surface area contributed by atoms with Crippen molar-refractivity contribution in [2.45, 2.75) is 37.9 Å². The molecule has 0 aromatic carbocycles. The summed E-state index contributed by atoms with van der Waals surface area (Å²) in [5.74, 6) is 0.791. The van der Waals surface area contributed by atoms with Crippen molar-refractivity contribution >= 4 is 30.2 Å². The number of hydrogen-bond donors (Lipinski definition) is 3. The van der Waals surface area contributed by atoms with Crippen LogP contribution in [0, 0.1) is 6.92 Å². The molecule has 1 fully saturated rings. The highest BCUT2D eigenvalue weighted by atomic mass is 31.2. The van der Waals surface area contributed by atoms with Crippen LogP contribution in [0.2, 0.25) is 0 Å². The molecule has 8 nitrogen and oxygen atoms in total. The van der Waals surface area contributed by atoms with Gasteiger partial charge in [0, 0.05) is 0 Å². The number of aryl methyl sites for hydroxylation is 1. The molecule has 3 heterocycles. The molecule has 0 amide bonds. The summed E-state index contributed by atoms with van der Waals surface area (Å²) in [6, 6.07) is 0. The van der Waals surface area contributed by atoms with Gasteiger partial charge >= 0.3 is 0 Å². The molecule has 9 heteroatoms. The highest BCUT2D eigenvalue weighted by molar-refractivity contribution is 7.72. The molecule has 3 rings (SSSR count). The number of nitrogen functional groups attached to an aromatic ring is 1. The van der Waals surface area contributed by atoms with E-state index in [0.29, 0.717) is 23.4 Å². The molecule has 2 aromatic rings. The first-order chi connectivity index (χ1) is 11.2. The fourth-order valence-corrected chi connectivity index (χ4v) is 3.87. The molecule has 132 valence electrons. The van der Waals surface area contributed by atoms with Crippen LogP contribution >= 0.6 is 6.89 Å². The van der Waals surface area contributed by atoms with Crippen LogP contribution in [0.15, 0.2) is 6.33 Å². The number of aliphatic hydroxyl groups is 2. The number of fused-ring (bicyclic) bond motifs is 1. The first-order valence-corrected chi connectivity index (χ1v) is 10.9. The van der Waals surface area contributed by atoms with Crippen LogP contribution in [-0.4, -0.2) is 73.8 Å². The normalized spacial score (nSPS) is 27.9. The summed E-state index contributed by atoms with van der Waals surface area (Å²) in [7, 11) is 0. The zero-order valence-electron chi connectivity index (χ0n) is 14.1. The van der Waals surface area contributed by atoms with Gasteiger partial charge in [-0.1, -0.05) is 0 Å². The standard InChI is InChI=1S/C15H24N5O3P/c1-8-18-13(16)10-14(19-8)20(7-17-10)15-12(22)11(21)9(23-15)5-6-24(2,3)4/h7,9,11-12,15,21-22H,2,5-6H2,1,3-4H3,(H2,16,18,19)/t9-,11-,12-,15?/m1/s1. The minimum Gasteiger partial charge on any atom is -0.388 e.